The van der Waals surface area contributed by atoms with Crippen LogP contribution in [-0.2, 0) is 4.79 Å². The highest BCUT2D eigenvalue weighted by molar-refractivity contribution is 6.05. The van der Waals surface area contributed by atoms with Gasteiger partial charge in [-0.1, -0.05) is 19.1 Å². The maximum Gasteiger partial charge on any atom is 0.255 e. The van der Waals surface area contributed by atoms with E-state index in [1.165, 1.54) is 0 Å². The van der Waals surface area contributed by atoms with Gasteiger partial charge in [0.1, 0.15) is 5.75 Å². The van der Waals surface area contributed by atoms with Crippen molar-refractivity contribution in [2.24, 2.45) is 0 Å². The second kappa shape index (κ2) is 7.98. The fourth-order valence-corrected chi connectivity index (χ4v) is 2.10. The maximum atomic E-state index is 12.3. The molecule has 2 amide bonds. The Morgan fingerprint density at radius 3 is 2.35 bits per heavy atom. The summed E-state index contributed by atoms with van der Waals surface area (Å²) in [6.45, 7) is 1.95. The van der Waals surface area contributed by atoms with Crippen molar-refractivity contribution in [3.8, 4) is 5.75 Å². The minimum absolute atomic E-state index is 0.0290. The lowest BCUT2D eigenvalue weighted by molar-refractivity contribution is -0.116. The minimum Gasteiger partial charge on any atom is -0.495 e. The normalized spacial score (nSPS) is 10.0. The second-order valence-corrected chi connectivity index (χ2v) is 5.03. The number of carbonyl (C=O) groups is 2. The Bertz CT molecular complexity index is 681. The molecule has 0 aliphatic heterocycles. The van der Waals surface area contributed by atoms with E-state index in [-0.39, 0.29) is 11.8 Å². The summed E-state index contributed by atoms with van der Waals surface area (Å²) in [7, 11) is 1.55. The Labute approximate surface area is 135 Å². The summed E-state index contributed by atoms with van der Waals surface area (Å²) in [5.74, 6) is 0.337. The fraction of sp³-hybridized carbons (Fsp3) is 0.222. The molecule has 0 atom stereocenters. The minimum atomic E-state index is -0.235. The topological polar surface area (TPSA) is 67.4 Å². The molecule has 0 saturated heterocycles. The van der Waals surface area contributed by atoms with Crippen LogP contribution in [-0.4, -0.2) is 18.9 Å². The van der Waals surface area contributed by atoms with Gasteiger partial charge in [0, 0.05) is 17.7 Å². The van der Waals surface area contributed by atoms with Gasteiger partial charge in [0.15, 0.2) is 0 Å². The molecule has 0 spiro atoms. The summed E-state index contributed by atoms with van der Waals surface area (Å²) >= 11 is 0. The van der Waals surface area contributed by atoms with E-state index < -0.39 is 0 Å². The van der Waals surface area contributed by atoms with Crippen LogP contribution < -0.4 is 15.4 Å². The van der Waals surface area contributed by atoms with Crippen LogP contribution >= 0.6 is 0 Å². The Hall–Kier alpha value is -2.82. The van der Waals surface area contributed by atoms with Crippen molar-refractivity contribution in [3.05, 3.63) is 54.1 Å². The van der Waals surface area contributed by atoms with Gasteiger partial charge in [0.05, 0.1) is 12.8 Å². The molecule has 2 aromatic rings. The van der Waals surface area contributed by atoms with Crippen LogP contribution in [0.3, 0.4) is 0 Å². The molecule has 5 nitrogen and oxygen atoms in total. The molecule has 0 unspecified atom stereocenters. The van der Waals surface area contributed by atoms with Crippen molar-refractivity contribution in [2.45, 2.75) is 19.8 Å². The smallest absolute Gasteiger partial charge is 0.255 e. The number of rotatable bonds is 6. The number of methoxy groups -OCH3 is 1. The first-order valence-electron chi connectivity index (χ1n) is 7.48. The van der Waals surface area contributed by atoms with Crippen molar-refractivity contribution in [3.63, 3.8) is 0 Å². The molecule has 2 rings (SSSR count). The van der Waals surface area contributed by atoms with Crippen LogP contribution in [0.15, 0.2) is 48.5 Å². The molecule has 0 saturated carbocycles. The number of ether oxygens (including phenoxy) is 1. The van der Waals surface area contributed by atoms with Gasteiger partial charge in [-0.3, -0.25) is 9.59 Å². The van der Waals surface area contributed by atoms with Gasteiger partial charge >= 0.3 is 0 Å². The summed E-state index contributed by atoms with van der Waals surface area (Å²) in [6.07, 6.45) is 1.28. The number of anilines is 2. The first-order valence-corrected chi connectivity index (χ1v) is 7.48. The molecular weight excluding hydrogens is 292 g/mol. The molecule has 0 aliphatic carbocycles. The SMILES string of the molecule is CCCC(=O)Nc1ccc(C(=O)Nc2ccccc2OC)cc1. The number of benzene rings is 2. The molecule has 0 bridgehead atoms. The first kappa shape index (κ1) is 16.5. The molecule has 23 heavy (non-hydrogen) atoms. The number of hydrogen-bond acceptors (Lipinski definition) is 3. The van der Waals surface area contributed by atoms with E-state index in [1.54, 1.807) is 43.5 Å². The molecule has 0 aliphatic rings. The molecule has 2 aromatic carbocycles. The van der Waals surface area contributed by atoms with Crippen molar-refractivity contribution in [2.75, 3.05) is 17.7 Å². The lowest BCUT2D eigenvalue weighted by Crippen LogP contribution is -2.13. The molecule has 120 valence electrons. The van der Waals surface area contributed by atoms with Gasteiger partial charge in [0.25, 0.3) is 5.91 Å². The predicted molar refractivity (Wildman–Crippen MR) is 90.9 cm³/mol. The lowest BCUT2D eigenvalue weighted by Gasteiger charge is -2.10. The number of para-hydroxylation sites is 2. The van der Waals surface area contributed by atoms with Crippen LogP contribution in [0.5, 0.6) is 5.75 Å². The standard InChI is InChI=1S/C18H20N2O3/c1-3-6-17(21)19-14-11-9-13(10-12-14)18(22)20-15-7-4-5-8-16(15)23-2/h4-5,7-12H,3,6H2,1-2H3,(H,19,21)(H,20,22). The van der Waals surface area contributed by atoms with Gasteiger partial charge in [-0.05, 0) is 42.8 Å². The van der Waals surface area contributed by atoms with Crippen LogP contribution in [0, 0.1) is 0 Å². The van der Waals surface area contributed by atoms with Crippen molar-refractivity contribution in [1.29, 1.82) is 0 Å². The highest BCUT2D eigenvalue weighted by Crippen LogP contribution is 2.23. The summed E-state index contributed by atoms with van der Waals surface area (Å²) in [6, 6.07) is 14.0. The zero-order valence-corrected chi connectivity index (χ0v) is 13.3. The summed E-state index contributed by atoms with van der Waals surface area (Å²) < 4.78 is 5.21. The van der Waals surface area contributed by atoms with Crippen molar-refractivity contribution in [1.82, 2.24) is 0 Å². The third-order valence-electron chi connectivity index (χ3n) is 3.26. The zero-order valence-electron chi connectivity index (χ0n) is 13.3. The Kier molecular flexibility index (Phi) is 5.74. The van der Waals surface area contributed by atoms with E-state index in [4.69, 9.17) is 4.74 Å². The highest BCUT2D eigenvalue weighted by atomic mass is 16.5. The van der Waals surface area contributed by atoms with E-state index in [0.29, 0.717) is 29.1 Å². The van der Waals surface area contributed by atoms with E-state index in [2.05, 4.69) is 10.6 Å². The Morgan fingerprint density at radius 2 is 1.70 bits per heavy atom. The number of hydrogen-bond donors (Lipinski definition) is 2. The average Bonchev–Trinajstić information content (AvgIpc) is 2.56. The average molecular weight is 312 g/mol. The first-order chi connectivity index (χ1) is 11.1. The molecule has 0 heterocycles. The highest BCUT2D eigenvalue weighted by Gasteiger charge is 2.09. The molecule has 2 N–H and O–H groups in total. The summed E-state index contributed by atoms with van der Waals surface area (Å²) in [5.41, 5.74) is 1.79. The molecular formula is C18H20N2O3. The molecule has 0 fully saturated rings. The monoisotopic (exact) mass is 312 g/mol. The number of carbonyl (C=O) groups excluding carboxylic acids is 2. The zero-order chi connectivity index (χ0) is 16.7. The number of nitrogens with one attached hydrogen (secondary N) is 2. The largest absolute Gasteiger partial charge is 0.495 e. The van der Waals surface area contributed by atoms with Crippen LogP contribution in [0.25, 0.3) is 0 Å². The maximum absolute atomic E-state index is 12.3. The van der Waals surface area contributed by atoms with Crippen molar-refractivity contribution >= 4 is 23.2 Å². The van der Waals surface area contributed by atoms with Gasteiger partial charge in [-0.15, -0.1) is 0 Å². The van der Waals surface area contributed by atoms with Crippen LogP contribution in [0.1, 0.15) is 30.1 Å². The Balaban J connectivity index is 2.04. The second-order valence-electron chi connectivity index (χ2n) is 5.03. The Morgan fingerprint density at radius 1 is 1.00 bits per heavy atom. The molecule has 5 heteroatoms. The van der Waals surface area contributed by atoms with Gasteiger partial charge in [-0.2, -0.15) is 0 Å². The van der Waals surface area contributed by atoms with Gasteiger partial charge in [-0.25, -0.2) is 0 Å². The van der Waals surface area contributed by atoms with E-state index in [0.717, 1.165) is 6.42 Å². The summed E-state index contributed by atoms with van der Waals surface area (Å²) in [4.78, 5) is 23.8. The quantitative estimate of drug-likeness (QED) is 0.855. The summed E-state index contributed by atoms with van der Waals surface area (Å²) in [5, 5.41) is 5.59. The van der Waals surface area contributed by atoms with E-state index in [9.17, 15) is 9.59 Å². The third-order valence-corrected chi connectivity index (χ3v) is 3.26. The van der Waals surface area contributed by atoms with E-state index >= 15 is 0 Å². The molecule has 0 aromatic heterocycles. The van der Waals surface area contributed by atoms with Gasteiger partial charge < -0.3 is 15.4 Å². The predicted octanol–water partition coefficient (Wildman–Crippen LogP) is 3.69. The van der Waals surface area contributed by atoms with E-state index in [1.807, 2.05) is 19.1 Å². The number of amides is 2. The van der Waals surface area contributed by atoms with Crippen molar-refractivity contribution < 1.29 is 14.3 Å². The lowest BCUT2D eigenvalue weighted by atomic mass is 10.2. The van der Waals surface area contributed by atoms with Gasteiger partial charge in [0.2, 0.25) is 5.91 Å². The molecule has 0 radical (unpaired) electrons. The fourth-order valence-electron chi connectivity index (χ4n) is 2.10. The van der Waals surface area contributed by atoms with Crippen LogP contribution in [0.2, 0.25) is 0 Å². The van der Waals surface area contributed by atoms with Crippen LogP contribution in [0.4, 0.5) is 11.4 Å². The third kappa shape index (κ3) is 4.57.